The van der Waals surface area contributed by atoms with Crippen LogP contribution in [0.1, 0.15) is 24.2 Å². The van der Waals surface area contributed by atoms with Gasteiger partial charge < -0.3 is 18.8 Å². The fourth-order valence-electron chi connectivity index (χ4n) is 2.92. The second-order valence-electron chi connectivity index (χ2n) is 5.55. The Morgan fingerprint density at radius 2 is 2.04 bits per heavy atom. The van der Waals surface area contributed by atoms with E-state index in [1.54, 1.807) is 13.8 Å². The first-order valence-electron chi connectivity index (χ1n) is 7.99. The summed E-state index contributed by atoms with van der Waals surface area (Å²) in [6, 6.07) is 4.26. The van der Waals surface area contributed by atoms with Gasteiger partial charge in [0.05, 0.1) is 22.6 Å². The zero-order valence-electron chi connectivity index (χ0n) is 14.3. The lowest BCUT2D eigenvalue weighted by molar-refractivity contribution is -0.388. The van der Waals surface area contributed by atoms with Crippen molar-refractivity contribution in [2.24, 2.45) is 0 Å². The van der Waals surface area contributed by atoms with Crippen LogP contribution in [0.3, 0.4) is 0 Å². The molecule has 0 unspecified atom stereocenters. The molecule has 0 aliphatic heterocycles. The number of aromatic nitrogens is 1. The minimum Gasteiger partial charge on any atom is -0.501 e. The Bertz CT molecular complexity index is 1220. The van der Waals surface area contributed by atoms with Crippen LogP contribution in [0.25, 0.3) is 21.9 Å². The summed E-state index contributed by atoms with van der Waals surface area (Å²) in [4.78, 5) is 46.6. The maximum atomic E-state index is 12.7. The van der Waals surface area contributed by atoms with Crippen LogP contribution in [0, 0.1) is 10.1 Å². The number of carbonyl (C=O) groups excluding carboxylic acids is 1. The molecule has 0 spiro atoms. The topological polar surface area (TPSA) is 142 Å². The number of esters is 1. The fourth-order valence-corrected chi connectivity index (χ4v) is 2.92. The molecule has 3 aromatic rings. The van der Waals surface area contributed by atoms with Crippen LogP contribution >= 0.6 is 0 Å². The lowest BCUT2D eigenvalue weighted by Crippen LogP contribution is -2.22. The average Bonchev–Trinajstić information content (AvgIpc) is 2.61. The zero-order chi connectivity index (χ0) is 19.9. The molecule has 2 aromatic heterocycles. The highest BCUT2D eigenvalue weighted by molar-refractivity contribution is 6.07. The second-order valence-corrected chi connectivity index (χ2v) is 5.55. The Morgan fingerprint density at radius 1 is 1.33 bits per heavy atom. The summed E-state index contributed by atoms with van der Waals surface area (Å²) in [5, 5.41) is 20.9. The fraction of sp³-hybridized carbons (Fsp3) is 0.235. The maximum absolute atomic E-state index is 12.7. The molecule has 10 nitrogen and oxygen atoms in total. The van der Waals surface area contributed by atoms with E-state index in [2.05, 4.69) is 0 Å². The number of fused-ring (bicyclic) bond motifs is 3. The van der Waals surface area contributed by atoms with Crippen LogP contribution in [-0.4, -0.2) is 27.2 Å². The Kier molecular flexibility index (Phi) is 4.40. The minimum absolute atomic E-state index is 0.132. The lowest BCUT2D eigenvalue weighted by atomic mass is 10.1. The predicted octanol–water partition coefficient (Wildman–Crippen LogP) is 1.92. The van der Waals surface area contributed by atoms with Crippen molar-refractivity contribution in [2.45, 2.75) is 20.4 Å². The molecule has 3 rings (SSSR count). The molecule has 0 atom stereocenters. The monoisotopic (exact) mass is 374 g/mol. The molecule has 0 saturated heterocycles. The van der Waals surface area contributed by atoms with Crippen LogP contribution < -0.4 is 11.2 Å². The highest BCUT2D eigenvalue weighted by Crippen LogP contribution is 2.33. The number of hydrogen-bond donors (Lipinski definition) is 1. The van der Waals surface area contributed by atoms with Gasteiger partial charge in [-0.3, -0.25) is 14.9 Å². The van der Waals surface area contributed by atoms with Gasteiger partial charge >= 0.3 is 17.3 Å². The molecule has 140 valence electrons. The molecule has 0 bridgehead atoms. The summed E-state index contributed by atoms with van der Waals surface area (Å²) in [6.45, 7) is 3.63. The first-order chi connectivity index (χ1) is 12.8. The van der Waals surface area contributed by atoms with Crippen molar-refractivity contribution in [1.29, 1.82) is 0 Å². The molecule has 2 heterocycles. The van der Waals surface area contributed by atoms with Gasteiger partial charge in [0, 0.05) is 11.9 Å². The van der Waals surface area contributed by atoms with Gasteiger partial charge in [0.1, 0.15) is 5.39 Å². The van der Waals surface area contributed by atoms with Crippen molar-refractivity contribution in [3.8, 4) is 5.75 Å². The van der Waals surface area contributed by atoms with Crippen molar-refractivity contribution < 1.29 is 24.0 Å². The SMILES string of the molecule is CCOC(=O)c1ccc2c(c1)c1oc(=O)c([N+](=O)[O-])c(O)c1c(=O)n2CC. The number of aryl methyl sites for hydroxylation is 1. The van der Waals surface area contributed by atoms with E-state index in [0.717, 1.165) is 0 Å². The van der Waals surface area contributed by atoms with Gasteiger partial charge in [0.15, 0.2) is 5.58 Å². The van der Waals surface area contributed by atoms with E-state index in [0.29, 0.717) is 5.52 Å². The molecule has 1 N–H and O–H groups in total. The van der Waals surface area contributed by atoms with E-state index in [4.69, 9.17) is 9.15 Å². The number of nitro groups is 1. The van der Waals surface area contributed by atoms with Crippen molar-refractivity contribution >= 4 is 33.5 Å². The number of benzene rings is 1. The molecule has 0 amide bonds. The predicted molar refractivity (Wildman–Crippen MR) is 94.2 cm³/mol. The number of carbonyl (C=O) groups is 1. The highest BCUT2D eigenvalue weighted by Gasteiger charge is 2.28. The van der Waals surface area contributed by atoms with Gasteiger partial charge in [0.2, 0.25) is 5.75 Å². The van der Waals surface area contributed by atoms with Gasteiger partial charge in [-0.25, -0.2) is 9.59 Å². The summed E-state index contributed by atoms with van der Waals surface area (Å²) < 4.78 is 11.2. The number of pyridine rings is 1. The molecule has 0 aliphatic rings. The highest BCUT2D eigenvalue weighted by atomic mass is 16.6. The standard InChI is InChI=1S/C17H14N2O8/c1-3-18-10-6-5-8(16(22)26-4-2)7-9(10)14-11(15(18)21)13(20)12(19(24)25)17(23)27-14/h5-7,20H,3-4H2,1-2H3. The summed E-state index contributed by atoms with van der Waals surface area (Å²) in [5.41, 5.74) is -3.25. The van der Waals surface area contributed by atoms with Crippen molar-refractivity contribution in [2.75, 3.05) is 6.61 Å². The largest absolute Gasteiger partial charge is 0.501 e. The van der Waals surface area contributed by atoms with E-state index in [1.165, 1.54) is 22.8 Å². The quantitative estimate of drug-likeness (QED) is 0.316. The van der Waals surface area contributed by atoms with Crippen LogP contribution in [0.5, 0.6) is 5.75 Å². The van der Waals surface area contributed by atoms with Crippen LogP contribution in [0.15, 0.2) is 32.2 Å². The molecule has 0 radical (unpaired) electrons. The first kappa shape index (κ1) is 18.1. The zero-order valence-corrected chi connectivity index (χ0v) is 14.3. The van der Waals surface area contributed by atoms with E-state index >= 15 is 0 Å². The van der Waals surface area contributed by atoms with Crippen molar-refractivity contribution in [3.63, 3.8) is 0 Å². The Morgan fingerprint density at radius 3 is 2.63 bits per heavy atom. The Labute approximate surface area is 150 Å². The normalized spacial score (nSPS) is 11.0. The second kappa shape index (κ2) is 6.56. The van der Waals surface area contributed by atoms with E-state index in [9.17, 15) is 29.6 Å². The lowest BCUT2D eigenvalue weighted by Gasteiger charge is -2.12. The molecular weight excluding hydrogens is 360 g/mol. The van der Waals surface area contributed by atoms with Crippen LogP contribution in [0.4, 0.5) is 5.69 Å². The van der Waals surface area contributed by atoms with E-state index < -0.39 is 38.9 Å². The van der Waals surface area contributed by atoms with Crippen LogP contribution in [-0.2, 0) is 11.3 Å². The molecule has 0 aliphatic carbocycles. The van der Waals surface area contributed by atoms with Gasteiger partial charge in [-0.1, -0.05) is 0 Å². The third-order valence-corrected chi connectivity index (χ3v) is 4.08. The number of aromatic hydroxyl groups is 1. The summed E-state index contributed by atoms with van der Waals surface area (Å²) in [5.74, 6) is -1.70. The number of hydrogen-bond acceptors (Lipinski definition) is 8. The van der Waals surface area contributed by atoms with Gasteiger partial charge in [-0.05, 0) is 32.0 Å². The van der Waals surface area contributed by atoms with E-state index in [1.807, 2.05) is 0 Å². The molecular formula is C17H14N2O8. The number of rotatable bonds is 4. The smallest absolute Gasteiger partial charge is 0.419 e. The summed E-state index contributed by atoms with van der Waals surface area (Å²) >= 11 is 0. The average molecular weight is 374 g/mol. The van der Waals surface area contributed by atoms with Gasteiger partial charge in [-0.15, -0.1) is 0 Å². The Balaban J connectivity index is 2.55. The molecule has 10 heteroatoms. The minimum atomic E-state index is -1.40. The van der Waals surface area contributed by atoms with Gasteiger partial charge in [0.25, 0.3) is 5.56 Å². The third-order valence-electron chi connectivity index (χ3n) is 4.08. The molecule has 0 fully saturated rings. The van der Waals surface area contributed by atoms with Crippen LogP contribution in [0.2, 0.25) is 0 Å². The van der Waals surface area contributed by atoms with Crippen molar-refractivity contribution in [3.05, 3.63) is 54.7 Å². The summed E-state index contributed by atoms with van der Waals surface area (Å²) in [6.07, 6.45) is 0. The summed E-state index contributed by atoms with van der Waals surface area (Å²) in [7, 11) is 0. The molecule has 27 heavy (non-hydrogen) atoms. The molecule has 0 saturated carbocycles. The number of ether oxygens (including phenoxy) is 1. The number of nitrogens with zero attached hydrogens (tertiary/aromatic N) is 2. The Hall–Kier alpha value is -3.69. The first-order valence-corrected chi connectivity index (χ1v) is 7.99. The van der Waals surface area contributed by atoms with Gasteiger partial charge in [-0.2, -0.15) is 0 Å². The molecule has 1 aromatic carbocycles. The van der Waals surface area contributed by atoms with E-state index in [-0.39, 0.29) is 29.7 Å². The van der Waals surface area contributed by atoms with Crippen molar-refractivity contribution in [1.82, 2.24) is 4.57 Å². The third kappa shape index (κ3) is 2.71. The maximum Gasteiger partial charge on any atom is 0.419 e.